The van der Waals surface area contributed by atoms with Gasteiger partial charge in [0, 0.05) is 0 Å². The van der Waals surface area contributed by atoms with E-state index < -0.39 is 0 Å². The maximum Gasteiger partial charge on any atom is 0.120 e. The lowest BCUT2D eigenvalue weighted by molar-refractivity contribution is 1.53. The lowest BCUT2D eigenvalue weighted by Crippen LogP contribution is -2.04. The highest BCUT2D eigenvalue weighted by Crippen LogP contribution is 2.40. The quantitative estimate of drug-likeness (QED) is 0.592. The van der Waals surface area contributed by atoms with Gasteiger partial charge in [-0.25, -0.2) is 0 Å². The van der Waals surface area contributed by atoms with Gasteiger partial charge in [-0.3, -0.25) is 0 Å². The summed E-state index contributed by atoms with van der Waals surface area (Å²) in [7, 11) is 5.90. The molecular weight excluding hydrogens is 283 g/mol. The van der Waals surface area contributed by atoms with Crippen molar-refractivity contribution in [3.63, 3.8) is 0 Å². The first-order chi connectivity index (χ1) is 6.79. The normalized spacial score (nSPS) is 13.2. The van der Waals surface area contributed by atoms with Crippen molar-refractivity contribution >= 4 is 74.7 Å². The van der Waals surface area contributed by atoms with Gasteiger partial charge in [-0.15, -0.1) is 0 Å². The van der Waals surface area contributed by atoms with Crippen LogP contribution in [0.15, 0.2) is 13.2 Å². The van der Waals surface area contributed by atoms with E-state index in [-0.39, 0.29) is 0 Å². The number of hydrogen-bond acceptors (Lipinski definition) is 5. The minimum Gasteiger partial charge on any atom is -0.173 e. The predicted octanol–water partition coefficient (Wildman–Crippen LogP) is 1.97. The second-order valence-electron chi connectivity index (χ2n) is 2.65. The molecule has 3 rings (SSSR count). The van der Waals surface area contributed by atoms with Gasteiger partial charge in [0.15, 0.2) is 0 Å². The Morgan fingerprint density at radius 1 is 1.07 bits per heavy atom. The molecule has 8 heteroatoms. The summed E-state index contributed by atoms with van der Waals surface area (Å²) in [5, 5.41) is 0. The lowest BCUT2D eigenvalue weighted by atomic mass is 9.92. The van der Waals surface area contributed by atoms with E-state index in [0.29, 0.717) is 16.7 Å². The fourth-order valence-electron chi connectivity index (χ4n) is 1.24. The summed E-state index contributed by atoms with van der Waals surface area (Å²) in [5.41, 5.74) is 3.46. The van der Waals surface area contributed by atoms with Crippen molar-refractivity contribution in [1.29, 1.82) is 0 Å². The standard InChI is InChI=1S/C6BBrN4S2/c7-1-3-5(11-13-9-3)2(8)6-4(1)10-14-12-6. The molecule has 2 heterocycles. The van der Waals surface area contributed by atoms with Crippen LogP contribution in [-0.2, 0) is 11.4 Å². The third kappa shape index (κ3) is 0.985. The van der Waals surface area contributed by atoms with E-state index in [0.717, 1.165) is 38.8 Å². The molecule has 0 bridgehead atoms. The number of nitrogens with zero attached hydrogens (tertiary/aromatic N) is 4. The van der Waals surface area contributed by atoms with Crippen molar-refractivity contribution in [1.82, 2.24) is 8.75 Å². The SMILES string of the molecule is [B]c1c2c(c(Br)c3nsnc13)N=S=N2. The Hall–Kier alpha value is -0.595. The monoisotopic (exact) mass is 282 g/mol. The summed E-state index contributed by atoms with van der Waals surface area (Å²) in [4.78, 5) is 0. The molecule has 0 amide bonds. The van der Waals surface area contributed by atoms with Crippen LogP contribution < -0.4 is 5.46 Å². The zero-order valence-corrected chi connectivity index (χ0v) is 9.78. The molecular formula is C6BBrN4S2. The number of halogens is 1. The van der Waals surface area contributed by atoms with Crippen molar-refractivity contribution in [2.75, 3.05) is 0 Å². The van der Waals surface area contributed by atoms with Crippen molar-refractivity contribution < 1.29 is 0 Å². The van der Waals surface area contributed by atoms with E-state index >= 15 is 0 Å². The van der Waals surface area contributed by atoms with E-state index in [2.05, 4.69) is 33.4 Å². The summed E-state index contributed by atoms with van der Waals surface area (Å²) in [6.45, 7) is 0. The van der Waals surface area contributed by atoms with Gasteiger partial charge in [-0.1, -0.05) is 0 Å². The fraction of sp³-hybridized carbons (Fsp3) is 0. The van der Waals surface area contributed by atoms with Gasteiger partial charge in [0.25, 0.3) is 0 Å². The molecule has 2 aromatic rings. The number of benzene rings is 1. The first-order valence-electron chi connectivity index (χ1n) is 3.60. The number of fused-ring (bicyclic) bond motifs is 2. The maximum absolute atomic E-state index is 5.90. The highest BCUT2D eigenvalue weighted by molar-refractivity contribution is 9.10. The molecule has 0 N–H and O–H groups in total. The van der Waals surface area contributed by atoms with Crippen LogP contribution in [0.5, 0.6) is 0 Å². The molecule has 14 heavy (non-hydrogen) atoms. The largest absolute Gasteiger partial charge is 0.173 e. The van der Waals surface area contributed by atoms with Crippen molar-refractivity contribution in [2.45, 2.75) is 0 Å². The summed E-state index contributed by atoms with van der Waals surface area (Å²) in [6, 6.07) is 0. The Labute approximate surface area is 96.5 Å². The zero-order chi connectivity index (χ0) is 9.71. The second-order valence-corrected chi connectivity index (χ2v) is 4.50. The van der Waals surface area contributed by atoms with Crippen LogP contribution in [0.1, 0.15) is 0 Å². The zero-order valence-electron chi connectivity index (χ0n) is 6.56. The highest BCUT2D eigenvalue weighted by atomic mass is 79.9. The van der Waals surface area contributed by atoms with Crippen LogP contribution in [0.4, 0.5) is 11.4 Å². The molecule has 0 atom stereocenters. The van der Waals surface area contributed by atoms with Gasteiger partial charge in [-0.2, -0.15) is 17.5 Å². The van der Waals surface area contributed by atoms with E-state index in [1.165, 1.54) is 0 Å². The van der Waals surface area contributed by atoms with Crippen molar-refractivity contribution in [3.05, 3.63) is 4.47 Å². The molecule has 0 fully saturated rings. The summed E-state index contributed by atoms with van der Waals surface area (Å²) in [5.74, 6) is 0. The molecule has 1 aliphatic heterocycles. The molecule has 1 aliphatic rings. The van der Waals surface area contributed by atoms with Gasteiger partial charge in [-0.05, 0) is 21.4 Å². The highest BCUT2D eigenvalue weighted by Gasteiger charge is 2.19. The van der Waals surface area contributed by atoms with Gasteiger partial charge in [0.1, 0.15) is 30.3 Å². The maximum atomic E-state index is 5.90. The average Bonchev–Trinajstić information content (AvgIpc) is 2.82. The van der Waals surface area contributed by atoms with E-state index in [1.807, 2.05) is 0 Å². The minimum atomic E-state index is 0.556. The smallest absolute Gasteiger partial charge is 0.120 e. The molecule has 0 saturated heterocycles. The number of hydrogen-bond donors (Lipinski definition) is 0. The first-order valence-corrected chi connectivity index (χ1v) is 5.86. The van der Waals surface area contributed by atoms with Crippen LogP contribution in [0, 0.1) is 0 Å². The Balaban J connectivity index is 2.59. The van der Waals surface area contributed by atoms with E-state index in [1.54, 1.807) is 0 Å². The summed E-state index contributed by atoms with van der Waals surface area (Å²) < 4.78 is 17.4. The van der Waals surface area contributed by atoms with Gasteiger partial charge < -0.3 is 0 Å². The van der Waals surface area contributed by atoms with Gasteiger partial charge >= 0.3 is 0 Å². The summed E-state index contributed by atoms with van der Waals surface area (Å²) in [6.07, 6.45) is 0. The van der Waals surface area contributed by atoms with Gasteiger partial charge in [0.2, 0.25) is 0 Å². The molecule has 66 valence electrons. The second kappa shape index (κ2) is 2.95. The Bertz CT molecular complexity index is 568. The Morgan fingerprint density at radius 2 is 1.79 bits per heavy atom. The van der Waals surface area contributed by atoms with Crippen molar-refractivity contribution in [3.8, 4) is 0 Å². The van der Waals surface area contributed by atoms with Gasteiger partial charge in [0.05, 0.1) is 27.6 Å². The Kier molecular flexibility index (Phi) is 1.83. The molecule has 0 aliphatic carbocycles. The summed E-state index contributed by atoms with van der Waals surface area (Å²) >= 11 is 5.69. The number of rotatable bonds is 0. The van der Waals surface area contributed by atoms with Crippen LogP contribution in [0.3, 0.4) is 0 Å². The molecule has 2 radical (unpaired) electrons. The predicted molar refractivity (Wildman–Crippen MR) is 62.0 cm³/mol. The molecule has 1 aromatic heterocycles. The third-order valence-electron chi connectivity index (χ3n) is 1.90. The third-order valence-corrected chi connectivity index (χ3v) is 3.71. The van der Waals surface area contributed by atoms with Crippen LogP contribution in [0.2, 0.25) is 0 Å². The molecule has 1 aromatic carbocycles. The fourth-order valence-corrected chi connectivity index (χ4v) is 3.16. The molecule has 0 saturated carbocycles. The Morgan fingerprint density at radius 3 is 2.64 bits per heavy atom. The minimum absolute atomic E-state index is 0.556. The first kappa shape index (κ1) is 8.69. The van der Waals surface area contributed by atoms with Crippen LogP contribution >= 0.6 is 27.7 Å². The number of aromatic nitrogens is 2. The van der Waals surface area contributed by atoms with Crippen molar-refractivity contribution in [2.24, 2.45) is 8.73 Å². The van der Waals surface area contributed by atoms with Crippen LogP contribution in [0.25, 0.3) is 11.0 Å². The molecule has 4 nitrogen and oxygen atoms in total. The average molecular weight is 283 g/mol. The van der Waals surface area contributed by atoms with E-state index in [4.69, 9.17) is 7.85 Å². The van der Waals surface area contributed by atoms with E-state index in [9.17, 15) is 0 Å². The lowest BCUT2D eigenvalue weighted by Gasteiger charge is -2.02. The molecule has 0 spiro atoms. The van der Waals surface area contributed by atoms with Crippen LogP contribution in [-0.4, -0.2) is 16.6 Å². The topological polar surface area (TPSA) is 50.5 Å². The molecule has 0 unspecified atom stereocenters.